The fourth-order valence-corrected chi connectivity index (χ4v) is 1.76. The molecule has 1 aromatic carbocycles. The number of anilines is 2. The number of nitrogens with zero attached hydrogens (tertiary/aromatic N) is 2. The summed E-state index contributed by atoms with van der Waals surface area (Å²) in [6, 6.07) is 10.1. The number of nitrogens with one attached hydrogen (secondary N) is 2. The van der Waals surface area contributed by atoms with Gasteiger partial charge in [0.2, 0.25) is 5.95 Å². The summed E-state index contributed by atoms with van der Waals surface area (Å²) in [5.41, 5.74) is 6.01. The average Bonchev–Trinajstić information content (AvgIpc) is 2.38. The van der Waals surface area contributed by atoms with Gasteiger partial charge in [0.15, 0.2) is 5.11 Å². The van der Waals surface area contributed by atoms with Crippen LogP contribution in [0.5, 0.6) is 0 Å². The summed E-state index contributed by atoms with van der Waals surface area (Å²) in [4.78, 5) is 19.6. The number of hydrogen-bond acceptors (Lipinski definition) is 5. The molecule has 4 N–H and O–H groups in total. The largest absolute Gasteiger partial charge is 0.383 e. The third-order valence-corrected chi connectivity index (χ3v) is 2.60. The number of benzene rings is 1. The number of hydrogen-bond donors (Lipinski definition) is 3. The van der Waals surface area contributed by atoms with Gasteiger partial charge in [0.1, 0.15) is 11.0 Å². The zero-order valence-corrected chi connectivity index (χ0v) is 11.7. The third-order valence-electron chi connectivity index (χ3n) is 2.20. The van der Waals surface area contributed by atoms with Crippen LogP contribution in [0.2, 0.25) is 5.15 Å². The highest BCUT2D eigenvalue weighted by atomic mass is 35.5. The number of carbonyl (C=O) groups is 1. The van der Waals surface area contributed by atoms with Crippen molar-refractivity contribution in [2.75, 3.05) is 11.1 Å². The Balaban J connectivity index is 2.01. The van der Waals surface area contributed by atoms with Crippen LogP contribution in [0.4, 0.5) is 11.8 Å². The first kappa shape index (κ1) is 14.2. The van der Waals surface area contributed by atoms with Gasteiger partial charge < -0.3 is 11.1 Å². The van der Waals surface area contributed by atoms with Gasteiger partial charge in [-0.05, 0) is 24.4 Å². The van der Waals surface area contributed by atoms with Gasteiger partial charge in [0, 0.05) is 11.6 Å². The standard InChI is InChI=1S/C12H10ClN5OS/c13-8-6-9(14)16-11(15-8)18-12(20)17-10(19)7-4-2-1-3-5-7/h1-6H,(H4,14,15,16,17,18,19,20). The summed E-state index contributed by atoms with van der Waals surface area (Å²) in [6.07, 6.45) is 0. The van der Waals surface area contributed by atoms with E-state index in [4.69, 9.17) is 29.6 Å². The molecule has 0 saturated carbocycles. The van der Waals surface area contributed by atoms with Gasteiger partial charge in [-0.25, -0.2) is 4.98 Å². The molecule has 8 heteroatoms. The Kier molecular flexibility index (Phi) is 4.44. The molecule has 0 radical (unpaired) electrons. The highest BCUT2D eigenvalue weighted by Crippen LogP contribution is 2.11. The normalized spacial score (nSPS) is 9.85. The van der Waals surface area contributed by atoms with E-state index < -0.39 is 0 Å². The van der Waals surface area contributed by atoms with Crippen LogP contribution in [0, 0.1) is 0 Å². The van der Waals surface area contributed by atoms with Gasteiger partial charge in [-0.3, -0.25) is 10.1 Å². The first-order valence-corrected chi connectivity index (χ1v) is 6.30. The second kappa shape index (κ2) is 6.27. The topological polar surface area (TPSA) is 92.9 Å². The highest BCUT2D eigenvalue weighted by Gasteiger charge is 2.08. The van der Waals surface area contributed by atoms with E-state index in [9.17, 15) is 4.79 Å². The molecular weight excluding hydrogens is 298 g/mol. The Morgan fingerprint density at radius 3 is 2.60 bits per heavy atom. The molecule has 1 aromatic heterocycles. The monoisotopic (exact) mass is 307 g/mol. The minimum atomic E-state index is -0.335. The van der Waals surface area contributed by atoms with E-state index in [1.807, 2.05) is 6.07 Å². The molecule has 102 valence electrons. The molecule has 0 aliphatic rings. The lowest BCUT2D eigenvalue weighted by Gasteiger charge is -2.08. The highest BCUT2D eigenvalue weighted by molar-refractivity contribution is 7.80. The van der Waals surface area contributed by atoms with E-state index >= 15 is 0 Å². The van der Waals surface area contributed by atoms with Crippen molar-refractivity contribution in [1.82, 2.24) is 15.3 Å². The van der Waals surface area contributed by atoms with Gasteiger partial charge >= 0.3 is 0 Å². The van der Waals surface area contributed by atoms with Crippen molar-refractivity contribution in [2.24, 2.45) is 0 Å². The van der Waals surface area contributed by atoms with Gasteiger partial charge in [-0.1, -0.05) is 29.8 Å². The van der Waals surface area contributed by atoms with E-state index in [0.717, 1.165) is 0 Å². The van der Waals surface area contributed by atoms with E-state index in [1.54, 1.807) is 24.3 Å². The molecule has 6 nitrogen and oxygen atoms in total. The first-order chi connectivity index (χ1) is 9.54. The number of rotatable bonds is 2. The predicted octanol–water partition coefficient (Wildman–Crippen LogP) is 1.84. The maximum atomic E-state index is 11.8. The maximum Gasteiger partial charge on any atom is 0.257 e. The zero-order valence-electron chi connectivity index (χ0n) is 10.1. The summed E-state index contributed by atoms with van der Waals surface area (Å²) in [5.74, 6) is -0.0175. The average molecular weight is 308 g/mol. The number of nitrogens with two attached hydrogens (primary N) is 1. The van der Waals surface area contributed by atoms with Crippen molar-refractivity contribution in [3.63, 3.8) is 0 Å². The Morgan fingerprint density at radius 2 is 1.95 bits per heavy atom. The minimum absolute atomic E-state index is 0.0560. The summed E-state index contributed by atoms with van der Waals surface area (Å²) in [7, 11) is 0. The van der Waals surface area contributed by atoms with Gasteiger partial charge in [0.25, 0.3) is 5.91 Å². The molecule has 0 atom stereocenters. The van der Waals surface area contributed by atoms with Crippen LogP contribution in [0.15, 0.2) is 36.4 Å². The fraction of sp³-hybridized carbons (Fsp3) is 0. The first-order valence-electron chi connectivity index (χ1n) is 5.52. The lowest BCUT2D eigenvalue weighted by molar-refractivity contribution is 0.0978. The van der Waals surface area contributed by atoms with Crippen molar-refractivity contribution < 1.29 is 4.79 Å². The SMILES string of the molecule is Nc1cc(Cl)nc(NC(=S)NC(=O)c2ccccc2)n1. The van der Waals surface area contributed by atoms with E-state index in [0.29, 0.717) is 5.56 Å². The Bertz CT molecular complexity index is 629. The molecule has 20 heavy (non-hydrogen) atoms. The Morgan fingerprint density at radius 1 is 1.25 bits per heavy atom. The molecule has 0 bridgehead atoms. The molecule has 0 unspecified atom stereocenters. The van der Waals surface area contributed by atoms with Crippen LogP contribution < -0.4 is 16.4 Å². The Hall–Kier alpha value is -2.25. The van der Waals surface area contributed by atoms with Gasteiger partial charge in [-0.2, -0.15) is 4.98 Å². The molecule has 0 saturated heterocycles. The van der Waals surface area contributed by atoms with Crippen LogP contribution in [0.3, 0.4) is 0 Å². The number of thiocarbonyl (C=S) groups is 1. The van der Waals surface area contributed by atoms with Crippen LogP contribution in [-0.4, -0.2) is 21.0 Å². The lowest BCUT2D eigenvalue weighted by atomic mass is 10.2. The molecule has 0 aliphatic carbocycles. The van der Waals surface area contributed by atoms with E-state index in [2.05, 4.69) is 20.6 Å². The van der Waals surface area contributed by atoms with Crippen LogP contribution in [-0.2, 0) is 0 Å². The lowest BCUT2D eigenvalue weighted by Crippen LogP contribution is -2.34. The summed E-state index contributed by atoms with van der Waals surface area (Å²) < 4.78 is 0. The summed E-state index contributed by atoms with van der Waals surface area (Å²) in [6.45, 7) is 0. The Labute approximate surface area is 125 Å². The second-order valence-electron chi connectivity index (χ2n) is 3.71. The van der Waals surface area contributed by atoms with Crippen molar-refractivity contribution in [1.29, 1.82) is 0 Å². The number of amides is 1. The van der Waals surface area contributed by atoms with E-state index in [1.165, 1.54) is 6.07 Å². The summed E-state index contributed by atoms with van der Waals surface area (Å²) in [5, 5.41) is 5.37. The molecule has 0 fully saturated rings. The molecule has 1 heterocycles. The minimum Gasteiger partial charge on any atom is -0.383 e. The molecular formula is C12H10ClN5OS. The van der Waals surface area contributed by atoms with Crippen molar-refractivity contribution in [2.45, 2.75) is 0 Å². The molecule has 2 aromatic rings. The smallest absolute Gasteiger partial charge is 0.257 e. The van der Waals surface area contributed by atoms with Gasteiger partial charge in [0.05, 0.1) is 0 Å². The van der Waals surface area contributed by atoms with E-state index in [-0.39, 0.29) is 27.9 Å². The maximum absolute atomic E-state index is 11.8. The van der Waals surface area contributed by atoms with Crippen LogP contribution in [0.1, 0.15) is 10.4 Å². The number of nitrogen functional groups attached to an aromatic ring is 1. The van der Waals surface area contributed by atoms with Crippen LogP contribution >= 0.6 is 23.8 Å². The third kappa shape index (κ3) is 3.87. The molecule has 0 spiro atoms. The molecule has 0 aliphatic heterocycles. The molecule has 2 rings (SSSR count). The van der Waals surface area contributed by atoms with Crippen LogP contribution in [0.25, 0.3) is 0 Å². The van der Waals surface area contributed by atoms with Crippen molar-refractivity contribution >= 4 is 46.6 Å². The number of aromatic nitrogens is 2. The fourth-order valence-electron chi connectivity index (χ4n) is 1.39. The zero-order chi connectivity index (χ0) is 14.5. The summed E-state index contributed by atoms with van der Waals surface area (Å²) >= 11 is 10.7. The number of carbonyl (C=O) groups excluding carboxylic acids is 1. The second-order valence-corrected chi connectivity index (χ2v) is 4.51. The molecule has 1 amide bonds. The quantitative estimate of drug-likeness (QED) is 0.579. The number of halogens is 1. The predicted molar refractivity (Wildman–Crippen MR) is 81.6 cm³/mol. The van der Waals surface area contributed by atoms with Crippen molar-refractivity contribution in [3.05, 3.63) is 47.1 Å². The van der Waals surface area contributed by atoms with Gasteiger partial charge in [-0.15, -0.1) is 0 Å². The van der Waals surface area contributed by atoms with Crippen molar-refractivity contribution in [3.8, 4) is 0 Å².